The highest BCUT2D eigenvalue weighted by atomic mass is 19.1. The van der Waals surface area contributed by atoms with Crippen LogP contribution in [0.1, 0.15) is 46.0 Å². The zero-order chi connectivity index (χ0) is 15.5. The molecule has 0 radical (unpaired) electrons. The predicted molar refractivity (Wildman–Crippen MR) is 82.5 cm³/mol. The molecule has 118 valence electrons. The first-order chi connectivity index (χ1) is 9.96. The van der Waals surface area contributed by atoms with E-state index in [0.29, 0.717) is 12.5 Å². The highest BCUT2D eigenvalue weighted by Crippen LogP contribution is 2.43. The number of nitrogens with zero attached hydrogens (tertiary/aromatic N) is 1. The van der Waals surface area contributed by atoms with Gasteiger partial charge in [-0.2, -0.15) is 0 Å². The summed E-state index contributed by atoms with van der Waals surface area (Å²) in [5.41, 5.74) is 0.219. The first-order valence-electron chi connectivity index (χ1n) is 7.73. The van der Waals surface area contributed by atoms with Crippen LogP contribution in [0.25, 0.3) is 0 Å². The normalized spacial score (nSPS) is 17.2. The van der Waals surface area contributed by atoms with Crippen LogP contribution < -0.4 is 10.6 Å². The summed E-state index contributed by atoms with van der Waals surface area (Å²) in [5.74, 6) is -0.481. The van der Waals surface area contributed by atoms with Crippen LogP contribution in [0.2, 0.25) is 0 Å². The van der Waals surface area contributed by atoms with Crippen molar-refractivity contribution in [3.8, 4) is 0 Å². The number of hydrogen-bond donors (Lipinski definition) is 2. The summed E-state index contributed by atoms with van der Waals surface area (Å²) in [5, 5.41) is 5.75. The Kier molecular flexibility index (Phi) is 5.01. The molecule has 0 atom stereocenters. The average Bonchev–Trinajstić information content (AvgIpc) is 2.86. The number of aromatic nitrogens is 1. The number of hydrogen-bond acceptors (Lipinski definition) is 3. The molecule has 1 aliphatic rings. The van der Waals surface area contributed by atoms with Crippen molar-refractivity contribution in [3.05, 3.63) is 17.7 Å². The molecule has 0 aromatic carbocycles. The molecule has 0 unspecified atom stereocenters. The minimum atomic E-state index is -0.668. The molecular formula is C16H25F2N3. The highest BCUT2D eigenvalue weighted by molar-refractivity contribution is 5.47. The predicted octanol–water partition coefficient (Wildman–Crippen LogP) is 4.42. The molecule has 1 heterocycles. The first-order valence-corrected chi connectivity index (χ1v) is 7.73. The first kappa shape index (κ1) is 16.0. The van der Waals surface area contributed by atoms with Gasteiger partial charge in [0.05, 0.1) is 0 Å². The van der Waals surface area contributed by atoms with E-state index < -0.39 is 11.6 Å². The number of rotatable bonds is 6. The summed E-state index contributed by atoms with van der Waals surface area (Å²) in [4.78, 5) is 3.99. The van der Waals surface area contributed by atoms with E-state index in [-0.39, 0.29) is 17.1 Å². The average molecular weight is 297 g/mol. The van der Waals surface area contributed by atoms with Crippen molar-refractivity contribution in [2.24, 2.45) is 11.3 Å². The second-order valence-electron chi connectivity index (χ2n) is 6.56. The van der Waals surface area contributed by atoms with Gasteiger partial charge in [-0.25, -0.2) is 13.8 Å². The molecule has 21 heavy (non-hydrogen) atoms. The van der Waals surface area contributed by atoms with Crippen LogP contribution >= 0.6 is 0 Å². The van der Waals surface area contributed by atoms with Crippen LogP contribution in [0.5, 0.6) is 0 Å². The Morgan fingerprint density at radius 2 is 1.81 bits per heavy atom. The van der Waals surface area contributed by atoms with Crippen LogP contribution in [0.15, 0.2) is 6.07 Å². The number of pyridine rings is 1. The number of nitrogens with one attached hydrogen (secondary N) is 2. The molecule has 0 bridgehead atoms. The highest BCUT2D eigenvalue weighted by Gasteiger charge is 2.34. The van der Waals surface area contributed by atoms with Gasteiger partial charge in [0.25, 0.3) is 0 Å². The van der Waals surface area contributed by atoms with E-state index in [1.165, 1.54) is 25.7 Å². The Morgan fingerprint density at radius 1 is 1.19 bits per heavy atom. The largest absolute Gasteiger partial charge is 0.371 e. The smallest absolute Gasteiger partial charge is 0.168 e. The van der Waals surface area contributed by atoms with E-state index in [0.717, 1.165) is 12.5 Å². The second-order valence-corrected chi connectivity index (χ2v) is 6.56. The van der Waals surface area contributed by atoms with E-state index >= 15 is 0 Å². The fraction of sp³-hybridized carbons (Fsp3) is 0.688. The summed E-state index contributed by atoms with van der Waals surface area (Å²) < 4.78 is 27.3. The fourth-order valence-electron chi connectivity index (χ4n) is 3.48. The molecule has 1 aromatic heterocycles. The minimum Gasteiger partial charge on any atom is -0.371 e. The molecule has 3 nitrogen and oxygen atoms in total. The molecule has 1 aromatic rings. The van der Waals surface area contributed by atoms with Crippen LogP contribution in [-0.4, -0.2) is 18.6 Å². The van der Waals surface area contributed by atoms with Gasteiger partial charge in [-0.05, 0) is 30.6 Å². The number of halogens is 2. The maximum Gasteiger partial charge on any atom is 0.168 e. The SMILES string of the molecule is CNc1nc(NCC2(CC(C)C)CCCC2)c(F)cc1F. The van der Waals surface area contributed by atoms with E-state index in [4.69, 9.17) is 0 Å². The molecule has 5 heteroatoms. The fourth-order valence-corrected chi connectivity index (χ4v) is 3.48. The van der Waals surface area contributed by atoms with Crippen LogP contribution in [0.3, 0.4) is 0 Å². The Bertz CT molecular complexity index is 483. The lowest BCUT2D eigenvalue weighted by Crippen LogP contribution is -2.29. The van der Waals surface area contributed by atoms with Gasteiger partial charge >= 0.3 is 0 Å². The van der Waals surface area contributed by atoms with Crippen molar-refractivity contribution in [1.29, 1.82) is 0 Å². The molecule has 0 aliphatic heterocycles. The summed E-state index contributed by atoms with van der Waals surface area (Å²) in [7, 11) is 1.57. The van der Waals surface area contributed by atoms with Gasteiger partial charge in [0.1, 0.15) is 0 Å². The third kappa shape index (κ3) is 3.83. The van der Waals surface area contributed by atoms with Crippen molar-refractivity contribution in [3.63, 3.8) is 0 Å². The van der Waals surface area contributed by atoms with Gasteiger partial charge in [-0.1, -0.05) is 26.7 Å². The third-order valence-electron chi connectivity index (χ3n) is 4.30. The van der Waals surface area contributed by atoms with Crippen LogP contribution in [0.4, 0.5) is 20.4 Å². The molecule has 0 saturated heterocycles. The Balaban J connectivity index is 2.10. The zero-order valence-electron chi connectivity index (χ0n) is 13.1. The number of anilines is 2. The monoisotopic (exact) mass is 297 g/mol. The zero-order valence-corrected chi connectivity index (χ0v) is 13.1. The van der Waals surface area contributed by atoms with Gasteiger partial charge in [0.2, 0.25) is 0 Å². The summed E-state index contributed by atoms with van der Waals surface area (Å²) in [6, 6.07) is 0.880. The summed E-state index contributed by atoms with van der Waals surface area (Å²) in [6.45, 7) is 5.13. The molecule has 0 spiro atoms. The van der Waals surface area contributed by atoms with Gasteiger partial charge in [0.15, 0.2) is 23.3 Å². The molecule has 1 aliphatic carbocycles. The van der Waals surface area contributed by atoms with Crippen LogP contribution in [0, 0.1) is 23.0 Å². The standard InChI is InChI=1S/C16H25F2N3/c1-11(2)9-16(6-4-5-7-16)10-20-15-13(18)8-12(17)14(19-3)21-15/h8,11H,4-7,9-10H2,1-3H3,(H2,19,20,21). The van der Waals surface area contributed by atoms with Crippen molar-refractivity contribution in [2.75, 3.05) is 24.2 Å². The maximum absolute atomic E-state index is 13.8. The molecule has 2 rings (SSSR count). The lowest BCUT2D eigenvalue weighted by atomic mass is 9.78. The molecule has 1 saturated carbocycles. The molecule has 1 fully saturated rings. The maximum atomic E-state index is 13.8. The Morgan fingerprint density at radius 3 is 2.38 bits per heavy atom. The lowest BCUT2D eigenvalue weighted by Gasteiger charge is -2.31. The van der Waals surface area contributed by atoms with Gasteiger partial charge < -0.3 is 10.6 Å². The van der Waals surface area contributed by atoms with E-state index in [2.05, 4.69) is 29.5 Å². The molecular weight excluding hydrogens is 272 g/mol. The summed E-state index contributed by atoms with van der Waals surface area (Å²) in [6.07, 6.45) is 5.92. The topological polar surface area (TPSA) is 37.0 Å². The summed E-state index contributed by atoms with van der Waals surface area (Å²) >= 11 is 0. The van der Waals surface area contributed by atoms with Gasteiger partial charge in [0, 0.05) is 19.7 Å². The molecule has 0 amide bonds. The van der Waals surface area contributed by atoms with Gasteiger partial charge in [-0.3, -0.25) is 0 Å². The van der Waals surface area contributed by atoms with E-state index in [1.807, 2.05) is 0 Å². The Labute approximate surface area is 125 Å². The van der Waals surface area contributed by atoms with E-state index in [1.54, 1.807) is 7.05 Å². The minimum absolute atomic E-state index is 0.0724. The van der Waals surface area contributed by atoms with Crippen molar-refractivity contribution in [2.45, 2.75) is 46.0 Å². The van der Waals surface area contributed by atoms with Gasteiger partial charge in [-0.15, -0.1) is 0 Å². The van der Waals surface area contributed by atoms with Crippen molar-refractivity contribution < 1.29 is 8.78 Å². The second kappa shape index (κ2) is 6.58. The van der Waals surface area contributed by atoms with Crippen molar-refractivity contribution >= 4 is 11.6 Å². The third-order valence-corrected chi connectivity index (χ3v) is 4.30. The van der Waals surface area contributed by atoms with Crippen molar-refractivity contribution in [1.82, 2.24) is 4.98 Å². The lowest BCUT2D eigenvalue weighted by molar-refractivity contribution is 0.252. The molecule has 2 N–H and O–H groups in total. The van der Waals surface area contributed by atoms with Crippen LogP contribution in [-0.2, 0) is 0 Å². The quantitative estimate of drug-likeness (QED) is 0.816. The Hall–Kier alpha value is -1.39. The van der Waals surface area contributed by atoms with E-state index in [9.17, 15) is 8.78 Å².